The number of fused-ring (bicyclic) bond motifs is 2. The van der Waals surface area contributed by atoms with Gasteiger partial charge < -0.3 is 5.32 Å². The van der Waals surface area contributed by atoms with Crippen LogP contribution in [0.5, 0.6) is 0 Å². The number of aromatic nitrogens is 3. The summed E-state index contributed by atoms with van der Waals surface area (Å²) in [6.45, 7) is 5.30. The number of thiophene rings is 1. The van der Waals surface area contributed by atoms with Crippen molar-refractivity contribution in [2.24, 2.45) is 7.05 Å². The summed E-state index contributed by atoms with van der Waals surface area (Å²) in [7, 11) is 1.81. The average molecular weight is 438 g/mol. The summed E-state index contributed by atoms with van der Waals surface area (Å²) in [6, 6.07) is 9.94. The zero-order valence-electron chi connectivity index (χ0n) is 17.0. The van der Waals surface area contributed by atoms with Crippen molar-refractivity contribution in [3.63, 3.8) is 0 Å². The van der Waals surface area contributed by atoms with Crippen molar-refractivity contribution in [2.45, 2.75) is 26.3 Å². The number of thiazole rings is 1. The molecule has 3 aromatic heterocycles. The number of benzene rings is 1. The maximum atomic E-state index is 12.9. The molecule has 4 heterocycles. The van der Waals surface area contributed by atoms with E-state index in [1.165, 1.54) is 10.4 Å². The molecule has 0 atom stereocenters. The van der Waals surface area contributed by atoms with Gasteiger partial charge in [-0.1, -0.05) is 19.1 Å². The Kier molecular flexibility index (Phi) is 5.14. The van der Waals surface area contributed by atoms with E-state index in [-0.39, 0.29) is 5.91 Å². The second-order valence-corrected chi connectivity index (χ2v) is 9.69. The van der Waals surface area contributed by atoms with Gasteiger partial charge in [0, 0.05) is 36.8 Å². The standard InChI is InChI=1S/C22H23N5OS2/c1-3-10-27-12-8-14-18(13-27)30-22(24-20(28)16-9-11-26(2)25-16)19(14)21-23-15-6-4-5-7-17(15)29-21/h4-7,9,11H,3,8,10,12-13H2,1-2H3,(H,24,28). The molecule has 154 valence electrons. The van der Waals surface area contributed by atoms with Crippen LogP contribution in [0.15, 0.2) is 36.5 Å². The Morgan fingerprint density at radius 1 is 1.23 bits per heavy atom. The summed E-state index contributed by atoms with van der Waals surface area (Å²) in [6.07, 6.45) is 3.91. The van der Waals surface area contributed by atoms with Gasteiger partial charge in [0.25, 0.3) is 5.91 Å². The van der Waals surface area contributed by atoms with Gasteiger partial charge in [0.2, 0.25) is 0 Å². The maximum absolute atomic E-state index is 12.9. The zero-order chi connectivity index (χ0) is 20.7. The van der Waals surface area contributed by atoms with E-state index in [1.807, 2.05) is 25.2 Å². The number of hydrogen-bond donors (Lipinski definition) is 1. The van der Waals surface area contributed by atoms with Crippen LogP contribution in [-0.2, 0) is 20.0 Å². The van der Waals surface area contributed by atoms with Gasteiger partial charge in [0.1, 0.15) is 10.0 Å². The van der Waals surface area contributed by atoms with E-state index in [9.17, 15) is 4.79 Å². The molecule has 0 aliphatic carbocycles. The van der Waals surface area contributed by atoms with Crippen LogP contribution < -0.4 is 5.32 Å². The lowest BCUT2D eigenvalue weighted by molar-refractivity contribution is 0.102. The van der Waals surface area contributed by atoms with E-state index in [0.29, 0.717) is 5.69 Å². The molecule has 0 saturated carbocycles. The van der Waals surface area contributed by atoms with Gasteiger partial charge in [-0.25, -0.2) is 4.98 Å². The van der Waals surface area contributed by atoms with Crippen LogP contribution in [0.4, 0.5) is 5.00 Å². The molecular formula is C22H23N5OS2. The number of rotatable bonds is 5. The number of nitrogens with one attached hydrogen (secondary N) is 1. The van der Waals surface area contributed by atoms with Gasteiger partial charge in [-0.3, -0.25) is 14.4 Å². The Hall–Kier alpha value is -2.55. The molecule has 1 N–H and O–H groups in total. The van der Waals surface area contributed by atoms with E-state index in [1.54, 1.807) is 39.6 Å². The van der Waals surface area contributed by atoms with E-state index >= 15 is 0 Å². The number of anilines is 1. The first-order chi connectivity index (χ1) is 14.6. The minimum absolute atomic E-state index is 0.179. The molecule has 30 heavy (non-hydrogen) atoms. The van der Waals surface area contributed by atoms with E-state index in [2.05, 4.69) is 28.3 Å². The van der Waals surface area contributed by atoms with Crippen LogP contribution in [0.25, 0.3) is 20.8 Å². The number of carbonyl (C=O) groups is 1. The number of nitrogens with zero attached hydrogens (tertiary/aromatic N) is 4. The molecular weight excluding hydrogens is 414 g/mol. The molecule has 0 radical (unpaired) electrons. The van der Waals surface area contributed by atoms with Crippen LogP contribution in [-0.4, -0.2) is 38.7 Å². The molecule has 5 rings (SSSR count). The van der Waals surface area contributed by atoms with Crippen molar-refractivity contribution in [1.82, 2.24) is 19.7 Å². The summed E-state index contributed by atoms with van der Waals surface area (Å²) in [4.78, 5) is 21.6. The van der Waals surface area contributed by atoms with Crippen LogP contribution >= 0.6 is 22.7 Å². The van der Waals surface area contributed by atoms with Crippen LogP contribution in [0.2, 0.25) is 0 Å². The molecule has 4 aromatic rings. The molecule has 0 saturated heterocycles. The number of hydrogen-bond acceptors (Lipinski definition) is 6. The van der Waals surface area contributed by atoms with Crippen LogP contribution in [0.3, 0.4) is 0 Å². The molecule has 1 aromatic carbocycles. The number of aryl methyl sites for hydroxylation is 1. The summed E-state index contributed by atoms with van der Waals surface area (Å²) in [5.41, 5.74) is 3.86. The SMILES string of the molecule is CCCN1CCc2c(sc(NC(=O)c3ccn(C)n3)c2-c2nc3ccccc3s2)C1. The van der Waals surface area contributed by atoms with E-state index in [4.69, 9.17) is 4.98 Å². The van der Waals surface area contributed by atoms with Crippen molar-refractivity contribution in [2.75, 3.05) is 18.4 Å². The monoisotopic (exact) mass is 437 g/mol. The summed E-state index contributed by atoms with van der Waals surface area (Å²) >= 11 is 3.38. The highest BCUT2D eigenvalue weighted by molar-refractivity contribution is 7.22. The third-order valence-electron chi connectivity index (χ3n) is 5.36. The molecule has 0 unspecified atom stereocenters. The lowest BCUT2D eigenvalue weighted by atomic mass is 10.0. The first-order valence-corrected chi connectivity index (χ1v) is 11.8. The van der Waals surface area contributed by atoms with Gasteiger partial charge in [-0.2, -0.15) is 5.10 Å². The van der Waals surface area contributed by atoms with Crippen molar-refractivity contribution >= 4 is 43.8 Å². The average Bonchev–Trinajstić information content (AvgIpc) is 3.43. The highest BCUT2D eigenvalue weighted by Crippen LogP contribution is 2.45. The van der Waals surface area contributed by atoms with Gasteiger partial charge in [0.15, 0.2) is 5.69 Å². The predicted molar refractivity (Wildman–Crippen MR) is 123 cm³/mol. The van der Waals surface area contributed by atoms with Crippen molar-refractivity contribution in [3.8, 4) is 10.6 Å². The largest absolute Gasteiger partial charge is 0.312 e. The third-order valence-corrected chi connectivity index (χ3v) is 7.54. The molecule has 6 nitrogen and oxygen atoms in total. The number of amides is 1. The fourth-order valence-electron chi connectivity index (χ4n) is 3.96. The van der Waals surface area contributed by atoms with Gasteiger partial charge in [-0.15, -0.1) is 22.7 Å². The summed E-state index contributed by atoms with van der Waals surface area (Å²) < 4.78 is 2.81. The van der Waals surface area contributed by atoms with E-state index < -0.39 is 0 Å². The smallest absolute Gasteiger partial charge is 0.276 e. The minimum atomic E-state index is -0.179. The second-order valence-electron chi connectivity index (χ2n) is 7.55. The Balaban J connectivity index is 1.57. The van der Waals surface area contributed by atoms with E-state index in [0.717, 1.165) is 58.3 Å². The first-order valence-electron chi connectivity index (χ1n) is 10.2. The van der Waals surface area contributed by atoms with Crippen LogP contribution in [0, 0.1) is 0 Å². The fraction of sp³-hybridized carbons (Fsp3) is 0.318. The van der Waals surface area contributed by atoms with Crippen LogP contribution in [0.1, 0.15) is 34.3 Å². The zero-order valence-corrected chi connectivity index (χ0v) is 18.6. The van der Waals surface area contributed by atoms with Crippen molar-refractivity contribution in [3.05, 3.63) is 52.7 Å². The second kappa shape index (κ2) is 7.94. The highest BCUT2D eigenvalue weighted by Gasteiger charge is 2.28. The Morgan fingerprint density at radius 2 is 2.10 bits per heavy atom. The molecule has 0 bridgehead atoms. The van der Waals surface area contributed by atoms with Gasteiger partial charge in [-0.05, 0) is 43.1 Å². The molecule has 1 aliphatic rings. The predicted octanol–water partition coefficient (Wildman–Crippen LogP) is 4.78. The lowest BCUT2D eigenvalue weighted by Gasteiger charge is -2.26. The number of carbonyl (C=O) groups excluding carboxylic acids is 1. The van der Waals surface area contributed by atoms with Crippen molar-refractivity contribution < 1.29 is 4.79 Å². The summed E-state index contributed by atoms with van der Waals surface area (Å²) in [5, 5.41) is 9.25. The Bertz CT molecular complexity index is 1190. The molecule has 1 aliphatic heterocycles. The molecule has 8 heteroatoms. The highest BCUT2D eigenvalue weighted by atomic mass is 32.1. The minimum Gasteiger partial charge on any atom is -0.312 e. The topological polar surface area (TPSA) is 63.1 Å². The molecule has 1 amide bonds. The molecule has 0 spiro atoms. The quantitative estimate of drug-likeness (QED) is 0.488. The fourth-order valence-corrected chi connectivity index (χ4v) is 6.36. The Labute approximate surface area is 183 Å². The third kappa shape index (κ3) is 3.55. The first kappa shape index (κ1) is 19.4. The maximum Gasteiger partial charge on any atom is 0.276 e. The number of para-hydroxylation sites is 1. The molecule has 0 fully saturated rings. The van der Waals surface area contributed by atoms with Crippen molar-refractivity contribution in [1.29, 1.82) is 0 Å². The lowest BCUT2D eigenvalue weighted by Crippen LogP contribution is -2.30. The van der Waals surface area contributed by atoms with Gasteiger partial charge >= 0.3 is 0 Å². The van der Waals surface area contributed by atoms with Gasteiger partial charge in [0.05, 0.1) is 10.2 Å². The normalized spacial score (nSPS) is 14.2. The summed E-state index contributed by atoms with van der Waals surface area (Å²) in [5.74, 6) is -0.179. The Morgan fingerprint density at radius 3 is 2.87 bits per heavy atom.